The number of halogens is 1. The molecule has 1 aromatic heterocycles. The van der Waals surface area contributed by atoms with Crippen molar-refractivity contribution in [2.75, 3.05) is 10.2 Å². The number of ketones is 2. The van der Waals surface area contributed by atoms with Crippen LogP contribution in [0.1, 0.15) is 31.2 Å². The van der Waals surface area contributed by atoms with Gasteiger partial charge in [0, 0.05) is 16.9 Å². The number of nitrogens with one attached hydrogen (secondary N) is 1. The average molecular weight is 521 g/mol. The third-order valence-corrected chi connectivity index (χ3v) is 8.87. The summed E-state index contributed by atoms with van der Waals surface area (Å²) in [6.07, 6.45) is 3.90. The smallest absolute Gasteiger partial charge is 0.238 e. The Hall–Kier alpha value is -4.36. The van der Waals surface area contributed by atoms with E-state index in [0.29, 0.717) is 16.1 Å². The molecule has 1 N–H and O–H groups in total. The van der Waals surface area contributed by atoms with Crippen LogP contribution in [0.25, 0.3) is 6.08 Å². The van der Waals surface area contributed by atoms with Gasteiger partial charge >= 0.3 is 0 Å². The van der Waals surface area contributed by atoms with Gasteiger partial charge in [0.05, 0.1) is 16.8 Å². The number of carbonyl (C=O) groups is 3. The summed E-state index contributed by atoms with van der Waals surface area (Å²) < 4.78 is 13.8. The summed E-state index contributed by atoms with van der Waals surface area (Å²) in [4.78, 5) is 45.5. The van der Waals surface area contributed by atoms with Crippen LogP contribution in [0.2, 0.25) is 0 Å². The van der Waals surface area contributed by atoms with Crippen molar-refractivity contribution in [3.05, 3.63) is 124 Å². The van der Waals surface area contributed by atoms with Crippen molar-refractivity contribution in [1.82, 2.24) is 0 Å². The fraction of sp³-hybridized carbons (Fsp3) is 0.129. The lowest BCUT2D eigenvalue weighted by molar-refractivity contribution is -0.121. The van der Waals surface area contributed by atoms with Crippen LogP contribution in [0.4, 0.5) is 15.8 Å². The van der Waals surface area contributed by atoms with E-state index in [4.69, 9.17) is 0 Å². The molecule has 1 fully saturated rings. The second kappa shape index (κ2) is 8.33. The largest absolute Gasteiger partial charge is 0.352 e. The van der Waals surface area contributed by atoms with Gasteiger partial charge in [-0.1, -0.05) is 54.6 Å². The molecular formula is C31H21FN2O3S. The maximum absolute atomic E-state index is 14.5. The lowest BCUT2D eigenvalue weighted by atomic mass is 9.64. The maximum Gasteiger partial charge on any atom is 0.238 e. The summed E-state index contributed by atoms with van der Waals surface area (Å²) in [5.41, 5.74) is 1.90. The van der Waals surface area contributed by atoms with Gasteiger partial charge in [-0.2, -0.15) is 0 Å². The molecule has 5 nitrogen and oxygen atoms in total. The van der Waals surface area contributed by atoms with Crippen molar-refractivity contribution in [2.24, 2.45) is 5.92 Å². The molecular weight excluding hydrogens is 499 g/mol. The van der Waals surface area contributed by atoms with E-state index < -0.39 is 29.2 Å². The highest BCUT2D eigenvalue weighted by molar-refractivity contribution is 7.12. The minimum Gasteiger partial charge on any atom is -0.352 e. The number of anilines is 2. The topological polar surface area (TPSA) is 66.5 Å². The SMILES string of the molecule is O=C(c1cccs1)C1C(C(=O)c2ccc(F)cc2)C2(C(=O)Nc3ccccc32)C2C=Cc3ccccc3N12. The van der Waals surface area contributed by atoms with Crippen molar-refractivity contribution in [2.45, 2.75) is 17.5 Å². The Labute approximate surface area is 222 Å². The quantitative estimate of drug-likeness (QED) is 0.349. The number of Topliss-reactive ketones (excluding diaryl/α,β-unsaturated/α-hetero) is 2. The summed E-state index contributed by atoms with van der Waals surface area (Å²) in [6, 6.07) is 22.4. The Morgan fingerprint density at radius 2 is 1.66 bits per heavy atom. The first-order valence-corrected chi connectivity index (χ1v) is 13.2. The fourth-order valence-corrected chi connectivity index (χ4v) is 7.18. The Morgan fingerprint density at radius 1 is 0.895 bits per heavy atom. The maximum atomic E-state index is 14.5. The number of para-hydroxylation sites is 2. The molecule has 0 saturated carbocycles. The molecule has 0 aliphatic carbocycles. The van der Waals surface area contributed by atoms with E-state index in [-0.39, 0.29) is 23.0 Å². The third-order valence-electron chi connectivity index (χ3n) is 7.99. The number of fused-ring (bicyclic) bond motifs is 6. The molecule has 7 heteroatoms. The Balaban J connectivity index is 1.54. The van der Waals surface area contributed by atoms with Crippen LogP contribution in [-0.4, -0.2) is 29.6 Å². The van der Waals surface area contributed by atoms with Crippen LogP contribution < -0.4 is 10.2 Å². The number of amides is 1. The van der Waals surface area contributed by atoms with Crippen LogP contribution in [0.15, 0.2) is 96.4 Å². The molecule has 4 heterocycles. The number of hydrogen-bond donors (Lipinski definition) is 1. The van der Waals surface area contributed by atoms with Crippen molar-refractivity contribution in [3.63, 3.8) is 0 Å². The molecule has 1 spiro atoms. The molecule has 1 saturated heterocycles. The Morgan fingerprint density at radius 3 is 2.45 bits per heavy atom. The van der Waals surface area contributed by atoms with Gasteiger partial charge < -0.3 is 10.2 Å². The second-order valence-electron chi connectivity index (χ2n) is 9.77. The zero-order valence-electron chi connectivity index (χ0n) is 20.0. The van der Waals surface area contributed by atoms with Gasteiger partial charge in [0.2, 0.25) is 5.91 Å². The van der Waals surface area contributed by atoms with Crippen LogP contribution >= 0.6 is 11.3 Å². The highest BCUT2D eigenvalue weighted by Gasteiger charge is 2.70. The predicted octanol–water partition coefficient (Wildman–Crippen LogP) is 5.74. The monoisotopic (exact) mass is 520 g/mol. The van der Waals surface area contributed by atoms with Gasteiger partial charge in [0.25, 0.3) is 0 Å². The van der Waals surface area contributed by atoms with Gasteiger partial charge in [0.15, 0.2) is 11.6 Å². The number of thiophene rings is 1. The zero-order chi connectivity index (χ0) is 26.0. The highest BCUT2D eigenvalue weighted by atomic mass is 32.1. The van der Waals surface area contributed by atoms with Crippen molar-refractivity contribution in [3.8, 4) is 0 Å². The van der Waals surface area contributed by atoms with Gasteiger partial charge in [-0.15, -0.1) is 11.3 Å². The summed E-state index contributed by atoms with van der Waals surface area (Å²) in [5.74, 6) is -2.43. The van der Waals surface area contributed by atoms with Gasteiger partial charge in [0.1, 0.15) is 17.3 Å². The van der Waals surface area contributed by atoms with E-state index in [9.17, 15) is 18.8 Å². The first-order chi connectivity index (χ1) is 18.5. The summed E-state index contributed by atoms with van der Waals surface area (Å²) in [6.45, 7) is 0. The summed E-state index contributed by atoms with van der Waals surface area (Å²) in [5, 5.41) is 4.83. The normalized spacial score (nSPS) is 24.6. The van der Waals surface area contributed by atoms with E-state index in [1.165, 1.54) is 35.6 Å². The Bertz CT molecular complexity index is 1650. The van der Waals surface area contributed by atoms with Crippen LogP contribution in [0.3, 0.4) is 0 Å². The number of benzene rings is 3. The zero-order valence-corrected chi connectivity index (χ0v) is 20.8. The van der Waals surface area contributed by atoms with E-state index in [0.717, 1.165) is 11.3 Å². The summed E-state index contributed by atoms with van der Waals surface area (Å²) in [7, 11) is 0. The minimum absolute atomic E-state index is 0.218. The molecule has 186 valence electrons. The fourth-order valence-electron chi connectivity index (χ4n) is 6.48. The van der Waals surface area contributed by atoms with E-state index in [1.807, 2.05) is 71.0 Å². The molecule has 4 aromatic rings. The van der Waals surface area contributed by atoms with Crippen LogP contribution in [-0.2, 0) is 10.2 Å². The number of carbonyl (C=O) groups excluding carboxylic acids is 3. The molecule has 3 aromatic carbocycles. The first-order valence-electron chi connectivity index (χ1n) is 12.4. The van der Waals surface area contributed by atoms with Crippen molar-refractivity contribution < 1.29 is 18.8 Å². The van der Waals surface area contributed by atoms with Crippen molar-refractivity contribution >= 4 is 46.3 Å². The molecule has 3 aliphatic heterocycles. The van der Waals surface area contributed by atoms with E-state index >= 15 is 0 Å². The molecule has 4 atom stereocenters. The van der Waals surface area contributed by atoms with Gasteiger partial charge in [-0.3, -0.25) is 14.4 Å². The van der Waals surface area contributed by atoms with Crippen molar-refractivity contribution in [1.29, 1.82) is 0 Å². The molecule has 4 unspecified atom stereocenters. The predicted molar refractivity (Wildman–Crippen MR) is 145 cm³/mol. The molecule has 1 amide bonds. The number of nitrogens with zero attached hydrogens (tertiary/aromatic N) is 1. The Kier molecular flexibility index (Phi) is 5.00. The number of hydrogen-bond acceptors (Lipinski definition) is 5. The van der Waals surface area contributed by atoms with Gasteiger partial charge in [-0.25, -0.2) is 4.39 Å². The molecule has 38 heavy (non-hydrogen) atoms. The molecule has 0 bridgehead atoms. The first kappa shape index (κ1) is 22.8. The lowest BCUT2D eigenvalue weighted by Gasteiger charge is -2.37. The third kappa shape index (κ3) is 2.99. The van der Waals surface area contributed by atoms with Gasteiger partial charge in [-0.05, 0) is 59.0 Å². The highest BCUT2D eigenvalue weighted by Crippen LogP contribution is 2.58. The van der Waals surface area contributed by atoms with Crippen LogP contribution in [0.5, 0.6) is 0 Å². The van der Waals surface area contributed by atoms with E-state index in [1.54, 1.807) is 12.1 Å². The molecule has 7 rings (SSSR count). The lowest BCUT2D eigenvalue weighted by Crippen LogP contribution is -2.51. The standard InChI is InChI=1S/C31H21FN2O3S/c32-20-14-11-19(12-15-20)28(35)26-27(29(36)24-10-5-17-38-24)34-23-9-4-1-6-18(23)13-16-25(34)31(26)21-7-2-3-8-22(21)33-30(31)37/h1-17,25-27H,(H,33,37). The number of rotatable bonds is 4. The minimum atomic E-state index is -1.37. The van der Waals surface area contributed by atoms with Crippen LogP contribution in [0, 0.1) is 11.7 Å². The molecule has 3 aliphatic rings. The average Bonchev–Trinajstić information content (AvgIpc) is 3.65. The summed E-state index contributed by atoms with van der Waals surface area (Å²) >= 11 is 1.31. The second-order valence-corrected chi connectivity index (χ2v) is 10.7. The van der Waals surface area contributed by atoms with E-state index in [2.05, 4.69) is 5.32 Å². The molecule has 0 radical (unpaired) electrons.